The van der Waals surface area contributed by atoms with Crippen molar-refractivity contribution in [1.82, 2.24) is 14.8 Å². The third-order valence-corrected chi connectivity index (χ3v) is 5.90. The van der Waals surface area contributed by atoms with Crippen LogP contribution >= 0.6 is 0 Å². The molecule has 0 aliphatic carbocycles. The van der Waals surface area contributed by atoms with Gasteiger partial charge in [-0.15, -0.1) is 0 Å². The lowest BCUT2D eigenvalue weighted by molar-refractivity contribution is -0.131. The molecule has 1 N–H and O–H groups in total. The van der Waals surface area contributed by atoms with Gasteiger partial charge in [0.1, 0.15) is 11.9 Å². The third-order valence-electron chi connectivity index (χ3n) is 5.90. The number of amides is 3. The second-order valence-electron chi connectivity index (χ2n) is 8.16. The van der Waals surface area contributed by atoms with E-state index < -0.39 is 0 Å². The zero-order chi connectivity index (χ0) is 22.3. The van der Waals surface area contributed by atoms with Crippen molar-refractivity contribution in [2.75, 3.05) is 44.7 Å². The second kappa shape index (κ2) is 10.5. The first-order valence-electron chi connectivity index (χ1n) is 11.2. The van der Waals surface area contributed by atoms with Gasteiger partial charge in [-0.3, -0.25) is 9.78 Å². The topological polar surface area (TPSA) is 84.0 Å². The quantitative estimate of drug-likeness (QED) is 0.640. The van der Waals surface area contributed by atoms with Gasteiger partial charge < -0.3 is 24.6 Å². The summed E-state index contributed by atoms with van der Waals surface area (Å²) in [5.74, 6) is 1.19. The van der Waals surface area contributed by atoms with Crippen LogP contribution in [0.3, 0.4) is 0 Å². The van der Waals surface area contributed by atoms with Crippen molar-refractivity contribution in [3.8, 4) is 5.75 Å². The minimum Gasteiger partial charge on any atom is -0.489 e. The maximum Gasteiger partial charge on any atom is 0.321 e. The van der Waals surface area contributed by atoms with Crippen LogP contribution in [0.25, 0.3) is 0 Å². The number of carbonyl (C=O) groups excluding carboxylic acids is 2. The molecule has 2 aliphatic rings. The summed E-state index contributed by atoms with van der Waals surface area (Å²) in [6, 6.07) is 11.2. The zero-order valence-electron chi connectivity index (χ0n) is 18.4. The summed E-state index contributed by atoms with van der Waals surface area (Å²) < 4.78 is 11.3. The molecule has 2 saturated heterocycles. The van der Waals surface area contributed by atoms with E-state index in [1.807, 2.05) is 54.4 Å². The molecule has 3 amide bonds. The Morgan fingerprint density at radius 3 is 2.66 bits per heavy atom. The average molecular weight is 439 g/mol. The van der Waals surface area contributed by atoms with E-state index in [9.17, 15) is 9.59 Å². The van der Waals surface area contributed by atoms with Gasteiger partial charge in [0, 0.05) is 56.7 Å². The van der Waals surface area contributed by atoms with Gasteiger partial charge in [-0.25, -0.2) is 4.79 Å². The van der Waals surface area contributed by atoms with E-state index in [4.69, 9.17) is 9.47 Å². The Balaban J connectivity index is 1.19. The minimum absolute atomic E-state index is 0.0167. The molecular weight excluding hydrogens is 408 g/mol. The Bertz CT molecular complexity index is 900. The smallest absolute Gasteiger partial charge is 0.321 e. The van der Waals surface area contributed by atoms with Gasteiger partial charge in [-0.2, -0.15) is 0 Å². The zero-order valence-corrected chi connectivity index (χ0v) is 18.4. The molecule has 1 aromatic heterocycles. The number of benzene rings is 1. The number of nitrogens with one attached hydrogen (secondary N) is 1. The molecule has 0 spiro atoms. The molecule has 0 saturated carbocycles. The Labute approximate surface area is 188 Å². The molecule has 8 heteroatoms. The monoisotopic (exact) mass is 438 g/mol. The Morgan fingerprint density at radius 1 is 1.12 bits per heavy atom. The Kier molecular flexibility index (Phi) is 7.21. The molecule has 4 rings (SSSR count). The third kappa shape index (κ3) is 5.56. The van der Waals surface area contributed by atoms with Crippen LogP contribution in [-0.4, -0.2) is 72.2 Å². The predicted octanol–water partition coefficient (Wildman–Crippen LogP) is 3.12. The van der Waals surface area contributed by atoms with Crippen LogP contribution in [0.5, 0.6) is 5.75 Å². The van der Waals surface area contributed by atoms with Gasteiger partial charge in [0.25, 0.3) is 0 Å². The van der Waals surface area contributed by atoms with Crippen LogP contribution in [0.1, 0.15) is 31.2 Å². The van der Waals surface area contributed by atoms with Crippen molar-refractivity contribution in [2.45, 2.75) is 31.8 Å². The number of rotatable bonds is 8. The normalized spacial score (nSPS) is 18.3. The number of likely N-dealkylation sites (tertiary alicyclic amines) is 2. The summed E-state index contributed by atoms with van der Waals surface area (Å²) in [6.07, 6.45) is 4.82. The van der Waals surface area contributed by atoms with E-state index in [1.54, 1.807) is 11.1 Å². The van der Waals surface area contributed by atoms with Gasteiger partial charge in [-0.1, -0.05) is 6.07 Å². The number of ether oxygens (including phenoxy) is 2. The molecule has 1 aromatic carbocycles. The van der Waals surface area contributed by atoms with Gasteiger partial charge in [0.05, 0.1) is 19.6 Å². The fourth-order valence-corrected chi connectivity index (χ4v) is 4.00. The molecular formula is C24H30N4O4. The number of hydrogen-bond donors (Lipinski definition) is 1. The fourth-order valence-electron chi connectivity index (χ4n) is 4.00. The molecule has 0 radical (unpaired) electrons. The van der Waals surface area contributed by atoms with Crippen molar-refractivity contribution < 1.29 is 19.1 Å². The Morgan fingerprint density at radius 2 is 1.94 bits per heavy atom. The molecule has 0 bridgehead atoms. The van der Waals surface area contributed by atoms with Gasteiger partial charge >= 0.3 is 6.03 Å². The fraction of sp³-hybridized carbons (Fsp3) is 0.458. The summed E-state index contributed by atoms with van der Waals surface area (Å²) in [6.45, 7) is 5.70. The van der Waals surface area contributed by atoms with Gasteiger partial charge in [0.15, 0.2) is 0 Å². The number of nitrogens with zero attached hydrogens (tertiary/aromatic N) is 3. The molecule has 32 heavy (non-hydrogen) atoms. The number of hydrogen-bond acceptors (Lipinski definition) is 5. The summed E-state index contributed by atoms with van der Waals surface area (Å²) in [7, 11) is 0. The minimum atomic E-state index is -0.101. The maximum absolute atomic E-state index is 12.5. The van der Waals surface area contributed by atoms with Crippen molar-refractivity contribution in [3.05, 3.63) is 54.4 Å². The lowest BCUT2D eigenvalue weighted by atomic mass is 9.93. The highest BCUT2D eigenvalue weighted by Gasteiger charge is 2.32. The first kappa shape index (κ1) is 22.1. The maximum atomic E-state index is 12.5. The highest BCUT2D eigenvalue weighted by atomic mass is 16.5. The van der Waals surface area contributed by atoms with Crippen LogP contribution in [0.15, 0.2) is 48.8 Å². The summed E-state index contributed by atoms with van der Waals surface area (Å²) >= 11 is 0. The lowest BCUT2D eigenvalue weighted by Gasteiger charge is -2.39. The number of carbonyl (C=O) groups is 2. The van der Waals surface area contributed by atoms with E-state index in [2.05, 4.69) is 10.3 Å². The van der Waals surface area contributed by atoms with Crippen LogP contribution in [0, 0.1) is 0 Å². The number of urea groups is 1. The largest absolute Gasteiger partial charge is 0.489 e. The SMILES string of the molecule is CCOCCC(=O)N1CCC(Oc2ccc(NC(=O)N3CC(c4cccnc4)C3)cc2)C1. The molecule has 2 fully saturated rings. The molecule has 1 atom stereocenters. The number of anilines is 1. The molecule has 8 nitrogen and oxygen atoms in total. The first-order valence-corrected chi connectivity index (χ1v) is 11.2. The second-order valence-corrected chi connectivity index (χ2v) is 8.16. The highest BCUT2D eigenvalue weighted by molar-refractivity contribution is 5.90. The van der Waals surface area contributed by atoms with E-state index in [1.165, 1.54) is 5.56 Å². The van der Waals surface area contributed by atoms with Gasteiger partial charge in [-0.05, 0) is 42.8 Å². The summed E-state index contributed by atoms with van der Waals surface area (Å²) in [5, 5.41) is 2.93. The van der Waals surface area contributed by atoms with E-state index >= 15 is 0 Å². The highest BCUT2D eigenvalue weighted by Crippen LogP contribution is 2.27. The van der Waals surface area contributed by atoms with Crippen molar-refractivity contribution in [3.63, 3.8) is 0 Å². The summed E-state index contributed by atoms with van der Waals surface area (Å²) in [5.41, 5.74) is 1.89. The predicted molar refractivity (Wildman–Crippen MR) is 121 cm³/mol. The van der Waals surface area contributed by atoms with Crippen LogP contribution in [0.2, 0.25) is 0 Å². The standard InChI is InChI=1S/C24H30N4O4/c1-2-31-13-10-23(29)27-12-9-22(17-27)32-21-7-5-20(6-8-21)26-24(30)28-15-19(16-28)18-4-3-11-25-14-18/h3-8,11,14,19,22H,2,9-10,12-13,15-17H2,1H3,(H,26,30). The van der Waals surface area contributed by atoms with Crippen molar-refractivity contribution in [1.29, 1.82) is 0 Å². The molecule has 1 unspecified atom stereocenters. The molecule has 3 heterocycles. The van der Waals surface area contributed by atoms with E-state index in [-0.39, 0.29) is 18.0 Å². The number of pyridine rings is 1. The first-order chi connectivity index (χ1) is 15.6. The van der Waals surface area contributed by atoms with Crippen LogP contribution < -0.4 is 10.1 Å². The van der Waals surface area contributed by atoms with E-state index in [0.29, 0.717) is 51.7 Å². The average Bonchev–Trinajstić information content (AvgIpc) is 3.24. The van der Waals surface area contributed by atoms with Crippen LogP contribution in [0.4, 0.5) is 10.5 Å². The lowest BCUT2D eigenvalue weighted by Crippen LogP contribution is -2.50. The van der Waals surface area contributed by atoms with E-state index in [0.717, 1.165) is 17.9 Å². The van der Waals surface area contributed by atoms with Crippen LogP contribution in [-0.2, 0) is 9.53 Å². The molecule has 2 aliphatic heterocycles. The Hall–Kier alpha value is -3.13. The number of aromatic nitrogens is 1. The molecule has 170 valence electrons. The molecule has 2 aromatic rings. The van der Waals surface area contributed by atoms with Gasteiger partial charge in [0.2, 0.25) is 5.91 Å². The van der Waals surface area contributed by atoms with Crippen molar-refractivity contribution >= 4 is 17.6 Å². The van der Waals surface area contributed by atoms with Crippen molar-refractivity contribution in [2.24, 2.45) is 0 Å². The summed E-state index contributed by atoms with van der Waals surface area (Å²) in [4.78, 5) is 32.4.